The molecule has 1 aliphatic heterocycles. The molecule has 0 spiro atoms. The van der Waals surface area contributed by atoms with E-state index in [0.717, 1.165) is 37.6 Å². The number of aromatic nitrogens is 2. The number of likely N-dealkylation sites (tertiary alicyclic amines) is 1. The predicted octanol–water partition coefficient (Wildman–Crippen LogP) is 3.70. The van der Waals surface area contributed by atoms with Gasteiger partial charge in [-0.05, 0) is 24.1 Å². The number of para-hydroxylation sites is 1. The second-order valence-corrected chi connectivity index (χ2v) is 10.1. The zero-order chi connectivity index (χ0) is 21.1. The zero-order valence-corrected chi connectivity index (χ0v) is 18.8. The van der Waals surface area contributed by atoms with Crippen LogP contribution in [0.2, 0.25) is 5.02 Å². The van der Waals surface area contributed by atoms with E-state index in [-0.39, 0.29) is 16.1 Å². The maximum Gasteiger partial charge on any atom is 0.265 e. The van der Waals surface area contributed by atoms with Crippen molar-refractivity contribution in [2.75, 3.05) is 29.8 Å². The van der Waals surface area contributed by atoms with E-state index in [1.165, 1.54) is 11.9 Å². The third-order valence-electron chi connectivity index (χ3n) is 5.22. The third-order valence-corrected chi connectivity index (χ3v) is 7.60. The number of nitrogens with zero attached hydrogens (tertiary/aromatic N) is 4. The Labute approximate surface area is 185 Å². The van der Waals surface area contributed by atoms with Crippen molar-refractivity contribution in [3.63, 3.8) is 0 Å². The number of hydrogen-bond donors (Lipinski definition) is 1. The minimum Gasteiger partial charge on any atom is -0.368 e. The zero-order valence-electron chi connectivity index (χ0n) is 16.4. The number of rotatable bonds is 7. The second-order valence-electron chi connectivity index (χ2n) is 7.21. The number of likely N-dealkylation sites (N-methyl/N-ethyl adjacent to an activating group) is 1. The number of anilines is 2. The van der Waals surface area contributed by atoms with Crippen molar-refractivity contribution in [3.8, 4) is 0 Å². The van der Waals surface area contributed by atoms with Gasteiger partial charge in [0.1, 0.15) is 11.2 Å². The smallest absolute Gasteiger partial charge is 0.265 e. The molecule has 1 atom stereocenters. The first-order valence-corrected chi connectivity index (χ1v) is 12.1. The Morgan fingerprint density at radius 1 is 1.23 bits per heavy atom. The summed E-state index contributed by atoms with van der Waals surface area (Å²) in [7, 11) is -1.95. The molecule has 0 radical (unpaired) electrons. The van der Waals surface area contributed by atoms with Crippen LogP contribution in [0.15, 0.2) is 59.8 Å². The van der Waals surface area contributed by atoms with Gasteiger partial charge in [0.05, 0.1) is 10.7 Å². The van der Waals surface area contributed by atoms with Crippen LogP contribution in [-0.2, 0) is 16.6 Å². The van der Waals surface area contributed by atoms with Crippen LogP contribution >= 0.6 is 23.1 Å². The summed E-state index contributed by atoms with van der Waals surface area (Å²) < 4.78 is 32.4. The van der Waals surface area contributed by atoms with Gasteiger partial charge >= 0.3 is 0 Å². The van der Waals surface area contributed by atoms with Gasteiger partial charge in [-0.2, -0.15) is 4.37 Å². The number of benzene rings is 2. The molecule has 1 N–H and O–H groups in total. The topological polar surface area (TPSA) is 78.4 Å². The molecule has 30 heavy (non-hydrogen) atoms. The molecular weight excluding hydrogens is 442 g/mol. The molecule has 3 aromatic rings. The molecule has 10 heteroatoms. The minimum atomic E-state index is -3.85. The largest absolute Gasteiger partial charge is 0.368 e. The maximum atomic E-state index is 13.0. The van der Waals surface area contributed by atoms with E-state index in [9.17, 15) is 8.42 Å². The Balaban J connectivity index is 1.55. The Hall–Kier alpha value is -2.20. The molecule has 0 saturated carbocycles. The quantitative estimate of drug-likeness (QED) is 0.575. The van der Waals surface area contributed by atoms with E-state index in [1.54, 1.807) is 18.2 Å². The highest BCUT2D eigenvalue weighted by atomic mass is 35.5. The standard InChI is InChI=1S/C20H22ClN5O2S2/c1-25(16-10-11-26(13-16)12-15-6-3-2-4-7-15)19-17(21)8-5-9-18(19)30(27,28)24-20-22-14-23-29-20/h2-9,14,16H,10-13H2,1H3,(H,22,23,24). The lowest BCUT2D eigenvalue weighted by Gasteiger charge is -2.29. The van der Waals surface area contributed by atoms with Crippen molar-refractivity contribution in [1.82, 2.24) is 14.3 Å². The first kappa shape index (κ1) is 21.0. The number of hydrogen-bond acceptors (Lipinski definition) is 7. The lowest BCUT2D eigenvalue weighted by Crippen LogP contribution is -2.35. The Morgan fingerprint density at radius 2 is 2.03 bits per heavy atom. The Morgan fingerprint density at radius 3 is 2.77 bits per heavy atom. The predicted molar refractivity (Wildman–Crippen MR) is 121 cm³/mol. The van der Waals surface area contributed by atoms with Crippen LogP contribution in [0.3, 0.4) is 0 Å². The average Bonchev–Trinajstić information content (AvgIpc) is 3.40. The van der Waals surface area contributed by atoms with Crippen molar-refractivity contribution >= 4 is 44.0 Å². The van der Waals surface area contributed by atoms with Gasteiger partial charge < -0.3 is 4.90 Å². The molecule has 1 unspecified atom stereocenters. The molecule has 2 heterocycles. The molecule has 0 aliphatic carbocycles. The molecule has 1 aliphatic rings. The van der Waals surface area contributed by atoms with E-state index in [0.29, 0.717) is 10.7 Å². The summed E-state index contributed by atoms with van der Waals surface area (Å²) in [6.45, 7) is 2.65. The van der Waals surface area contributed by atoms with Crippen molar-refractivity contribution in [2.45, 2.75) is 23.9 Å². The normalized spacial score (nSPS) is 17.2. The summed E-state index contributed by atoms with van der Waals surface area (Å²) in [6.07, 6.45) is 2.24. The summed E-state index contributed by atoms with van der Waals surface area (Å²) in [5, 5.41) is 0.623. The van der Waals surface area contributed by atoms with Gasteiger partial charge in [-0.1, -0.05) is 48.0 Å². The fourth-order valence-corrected chi connectivity index (χ4v) is 6.03. The summed E-state index contributed by atoms with van der Waals surface area (Å²) in [4.78, 5) is 8.41. The van der Waals surface area contributed by atoms with Crippen molar-refractivity contribution in [1.29, 1.82) is 0 Å². The van der Waals surface area contributed by atoms with E-state index in [2.05, 4.69) is 31.1 Å². The average molecular weight is 464 g/mol. The van der Waals surface area contributed by atoms with Gasteiger partial charge in [0, 0.05) is 44.3 Å². The second kappa shape index (κ2) is 8.89. The van der Waals surface area contributed by atoms with Gasteiger partial charge in [0.15, 0.2) is 0 Å². The summed E-state index contributed by atoms with van der Waals surface area (Å²) >= 11 is 7.47. The van der Waals surface area contributed by atoms with Crippen molar-refractivity contribution in [3.05, 3.63) is 65.4 Å². The minimum absolute atomic E-state index is 0.134. The first-order chi connectivity index (χ1) is 14.4. The van der Waals surface area contributed by atoms with Crippen LogP contribution in [0.1, 0.15) is 12.0 Å². The van der Waals surface area contributed by atoms with Crippen LogP contribution in [0, 0.1) is 0 Å². The monoisotopic (exact) mass is 463 g/mol. The molecule has 0 bridgehead atoms. The number of nitrogens with one attached hydrogen (secondary N) is 1. The van der Waals surface area contributed by atoms with E-state index >= 15 is 0 Å². The molecule has 1 aromatic heterocycles. The molecule has 2 aromatic carbocycles. The fourth-order valence-electron chi connectivity index (χ4n) is 3.74. The van der Waals surface area contributed by atoms with Crippen LogP contribution in [0.4, 0.5) is 10.8 Å². The molecule has 158 valence electrons. The summed E-state index contributed by atoms with van der Waals surface area (Å²) in [5.41, 5.74) is 1.77. The lowest BCUT2D eigenvalue weighted by molar-refractivity contribution is 0.326. The van der Waals surface area contributed by atoms with Gasteiger partial charge in [0.2, 0.25) is 5.13 Å². The van der Waals surface area contributed by atoms with E-state index in [1.807, 2.05) is 30.1 Å². The summed E-state index contributed by atoms with van der Waals surface area (Å²) in [5.74, 6) is 0. The Kier molecular flexibility index (Phi) is 6.24. The van der Waals surface area contributed by atoms with Crippen LogP contribution in [-0.4, -0.2) is 48.9 Å². The van der Waals surface area contributed by atoms with E-state index < -0.39 is 10.0 Å². The van der Waals surface area contributed by atoms with Crippen LogP contribution in [0.25, 0.3) is 0 Å². The maximum absolute atomic E-state index is 13.0. The molecule has 1 saturated heterocycles. The summed E-state index contributed by atoms with van der Waals surface area (Å²) in [6, 6.07) is 15.4. The molecule has 0 amide bonds. The lowest BCUT2D eigenvalue weighted by atomic mass is 10.2. The highest BCUT2D eigenvalue weighted by molar-refractivity contribution is 7.93. The molecule has 1 fully saturated rings. The molecule has 7 nitrogen and oxygen atoms in total. The third kappa shape index (κ3) is 4.59. The Bertz CT molecular complexity index is 1090. The van der Waals surface area contributed by atoms with Gasteiger partial charge in [-0.3, -0.25) is 9.62 Å². The molecule has 4 rings (SSSR count). The highest BCUT2D eigenvalue weighted by Crippen LogP contribution is 2.36. The van der Waals surface area contributed by atoms with Gasteiger partial charge in [0.25, 0.3) is 10.0 Å². The van der Waals surface area contributed by atoms with Gasteiger partial charge in [-0.25, -0.2) is 13.4 Å². The first-order valence-electron chi connectivity index (χ1n) is 9.51. The van der Waals surface area contributed by atoms with Crippen molar-refractivity contribution < 1.29 is 8.42 Å². The highest BCUT2D eigenvalue weighted by Gasteiger charge is 2.31. The van der Waals surface area contributed by atoms with E-state index in [4.69, 9.17) is 11.6 Å². The van der Waals surface area contributed by atoms with Crippen LogP contribution < -0.4 is 9.62 Å². The SMILES string of the molecule is CN(c1c(Cl)cccc1S(=O)(=O)Nc1ncns1)C1CCN(Cc2ccccc2)C1. The van der Waals surface area contributed by atoms with Crippen molar-refractivity contribution in [2.24, 2.45) is 0 Å². The number of sulfonamides is 1. The number of halogens is 1. The fraction of sp³-hybridized carbons (Fsp3) is 0.300. The van der Waals surface area contributed by atoms with Crippen LogP contribution in [0.5, 0.6) is 0 Å². The van der Waals surface area contributed by atoms with Gasteiger partial charge in [-0.15, -0.1) is 0 Å². The molecular formula is C20H22ClN5O2S2.